The van der Waals surface area contributed by atoms with E-state index in [0.717, 1.165) is 25.1 Å². The molecule has 238 valence electrons. The first kappa shape index (κ1) is 32.3. The number of carbonyl (C=O) groups is 3. The van der Waals surface area contributed by atoms with Crippen molar-refractivity contribution in [1.82, 2.24) is 14.8 Å². The molecule has 0 spiro atoms. The molecule has 0 radical (unpaired) electrons. The van der Waals surface area contributed by atoms with Gasteiger partial charge in [0.05, 0.1) is 14.2 Å². The molecule has 45 heavy (non-hydrogen) atoms. The molecular weight excluding hydrogens is 573 g/mol. The Balaban J connectivity index is 1.11. The van der Waals surface area contributed by atoms with Crippen LogP contribution in [0.3, 0.4) is 0 Å². The van der Waals surface area contributed by atoms with Crippen LogP contribution in [0.5, 0.6) is 11.5 Å². The van der Waals surface area contributed by atoms with Crippen molar-refractivity contribution >= 4 is 17.5 Å². The van der Waals surface area contributed by atoms with E-state index in [1.807, 2.05) is 6.07 Å². The number of hydrogen-bond acceptors (Lipinski definition) is 7. The molecule has 0 bridgehead atoms. The minimum atomic E-state index is -0.363. The lowest BCUT2D eigenvalue weighted by molar-refractivity contribution is 0.0429. The summed E-state index contributed by atoms with van der Waals surface area (Å²) in [6, 6.07) is 15.5. The lowest BCUT2D eigenvalue weighted by atomic mass is 9.71. The van der Waals surface area contributed by atoms with E-state index < -0.39 is 0 Å². The first-order valence-corrected chi connectivity index (χ1v) is 15.6. The van der Waals surface area contributed by atoms with Gasteiger partial charge in [-0.2, -0.15) is 0 Å². The Morgan fingerprint density at radius 1 is 0.911 bits per heavy atom. The molecule has 0 aliphatic carbocycles. The van der Waals surface area contributed by atoms with Crippen molar-refractivity contribution in [2.45, 2.75) is 46.1 Å². The van der Waals surface area contributed by atoms with Gasteiger partial charge in [-0.3, -0.25) is 24.3 Å². The van der Waals surface area contributed by atoms with Gasteiger partial charge < -0.3 is 14.4 Å². The minimum absolute atomic E-state index is 0.0168. The molecule has 1 unspecified atom stereocenters. The Morgan fingerprint density at radius 3 is 2.22 bits per heavy atom. The van der Waals surface area contributed by atoms with Crippen LogP contribution in [0.15, 0.2) is 60.8 Å². The number of ketones is 2. The smallest absolute Gasteiger partial charge is 0.272 e. The Hall–Kier alpha value is -4.11. The van der Waals surface area contributed by atoms with E-state index in [-0.39, 0.29) is 46.3 Å². The van der Waals surface area contributed by atoms with Crippen molar-refractivity contribution in [2.24, 2.45) is 17.3 Å². The maximum atomic E-state index is 14.2. The molecule has 9 heteroatoms. The third kappa shape index (κ3) is 7.59. The molecule has 2 aliphatic heterocycles. The maximum Gasteiger partial charge on any atom is 0.272 e. The fourth-order valence-corrected chi connectivity index (χ4v) is 6.62. The van der Waals surface area contributed by atoms with E-state index in [9.17, 15) is 18.8 Å². The van der Waals surface area contributed by atoms with Crippen molar-refractivity contribution in [3.63, 3.8) is 0 Å². The number of amides is 1. The van der Waals surface area contributed by atoms with Gasteiger partial charge in [0.2, 0.25) is 0 Å². The molecule has 2 aromatic carbocycles. The van der Waals surface area contributed by atoms with Gasteiger partial charge in [0, 0.05) is 55.8 Å². The van der Waals surface area contributed by atoms with Crippen molar-refractivity contribution in [1.29, 1.82) is 0 Å². The highest BCUT2D eigenvalue weighted by Gasteiger charge is 2.37. The van der Waals surface area contributed by atoms with Gasteiger partial charge >= 0.3 is 0 Å². The Kier molecular flexibility index (Phi) is 9.97. The van der Waals surface area contributed by atoms with Crippen molar-refractivity contribution < 1.29 is 28.2 Å². The summed E-state index contributed by atoms with van der Waals surface area (Å²) in [5.74, 6) is 0.566. The van der Waals surface area contributed by atoms with Crippen LogP contribution < -0.4 is 9.47 Å². The number of benzene rings is 2. The number of methoxy groups -OCH3 is 2. The molecule has 3 heterocycles. The normalized spacial score (nSPS) is 18.8. The predicted octanol–water partition coefficient (Wildman–Crippen LogP) is 6.09. The summed E-state index contributed by atoms with van der Waals surface area (Å²) in [5, 5.41) is 0. The highest BCUT2D eigenvalue weighted by Crippen LogP contribution is 2.38. The van der Waals surface area contributed by atoms with E-state index >= 15 is 0 Å². The van der Waals surface area contributed by atoms with Crippen molar-refractivity contribution in [3.8, 4) is 11.5 Å². The zero-order valence-electron chi connectivity index (χ0n) is 26.6. The first-order chi connectivity index (χ1) is 21.6. The van der Waals surface area contributed by atoms with Crippen LogP contribution in [-0.2, 0) is 6.54 Å². The summed E-state index contributed by atoms with van der Waals surface area (Å²) in [5.41, 5.74) is 2.24. The summed E-state index contributed by atoms with van der Waals surface area (Å²) in [4.78, 5) is 47.8. The minimum Gasteiger partial charge on any atom is -0.497 e. The Bertz CT molecular complexity index is 1510. The fourth-order valence-electron chi connectivity index (χ4n) is 6.62. The standard InChI is InChI=1S/C36H42FN3O5/c1-36(2)23-39(22-24-5-12-33(45-4)30(37)19-24)16-15-28(36)20-32(41)27-8-11-31(38-21-27)35(43)40-17-13-26(14-18-40)34(42)25-6-9-29(44-3)10-7-25/h5-12,19,21,26,28H,13-18,20,22-23H2,1-4H3. The van der Waals surface area contributed by atoms with E-state index in [0.29, 0.717) is 61.5 Å². The lowest BCUT2D eigenvalue weighted by Crippen LogP contribution is -2.45. The number of carbonyl (C=O) groups excluding carboxylic acids is 3. The first-order valence-electron chi connectivity index (χ1n) is 15.6. The zero-order valence-corrected chi connectivity index (χ0v) is 26.6. The third-order valence-corrected chi connectivity index (χ3v) is 9.42. The predicted molar refractivity (Wildman–Crippen MR) is 169 cm³/mol. The zero-order chi connectivity index (χ0) is 32.1. The quantitative estimate of drug-likeness (QED) is 0.255. The van der Waals surface area contributed by atoms with Crippen LogP contribution in [0.1, 0.15) is 76.3 Å². The van der Waals surface area contributed by atoms with Gasteiger partial charge in [-0.15, -0.1) is 0 Å². The fraction of sp³-hybridized carbons (Fsp3) is 0.444. The lowest BCUT2D eigenvalue weighted by Gasteiger charge is -2.44. The number of ether oxygens (including phenoxy) is 2. The van der Waals surface area contributed by atoms with E-state index in [1.165, 1.54) is 19.4 Å². The molecule has 5 rings (SSSR count). The largest absolute Gasteiger partial charge is 0.497 e. The molecule has 1 atom stereocenters. The number of rotatable bonds is 10. The number of halogens is 1. The van der Waals surface area contributed by atoms with Crippen LogP contribution in [-0.4, -0.2) is 72.7 Å². The second-order valence-corrected chi connectivity index (χ2v) is 12.9. The topological polar surface area (TPSA) is 89.0 Å². The van der Waals surface area contributed by atoms with Gasteiger partial charge in [-0.05, 0) is 91.2 Å². The SMILES string of the molecule is COc1ccc(C(=O)C2CCN(C(=O)c3ccc(C(=O)CC4CCN(Cc5ccc(OC)c(F)c5)CC4(C)C)cn3)CC2)cc1. The molecule has 3 aromatic rings. The number of hydrogen-bond donors (Lipinski definition) is 0. The molecule has 8 nitrogen and oxygen atoms in total. The summed E-state index contributed by atoms with van der Waals surface area (Å²) >= 11 is 0. The van der Waals surface area contributed by atoms with Gasteiger partial charge in [0.15, 0.2) is 23.1 Å². The monoisotopic (exact) mass is 615 g/mol. The second kappa shape index (κ2) is 13.9. The molecule has 0 saturated carbocycles. The number of aromatic nitrogens is 1. The Morgan fingerprint density at radius 2 is 1.62 bits per heavy atom. The van der Waals surface area contributed by atoms with Gasteiger partial charge in [0.1, 0.15) is 11.4 Å². The third-order valence-electron chi connectivity index (χ3n) is 9.42. The van der Waals surface area contributed by atoms with Gasteiger partial charge in [-0.25, -0.2) is 4.39 Å². The van der Waals surface area contributed by atoms with Gasteiger partial charge in [0.25, 0.3) is 5.91 Å². The average Bonchev–Trinajstić information content (AvgIpc) is 3.05. The number of piperidine rings is 2. The highest BCUT2D eigenvalue weighted by molar-refractivity contribution is 5.99. The molecule has 2 saturated heterocycles. The van der Waals surface area contributed by atoms with Crippen LogP contribution in [0, 0.1) is 23.1 Å². The van der Waals surface area contributed by atoms with Crippen molar-refractivity contribution in [3.05, 3.63) is 89.0 Å². The van der Waals surface area contributed by atoms with E-state index in [4.69, 9.17) is 9.47 Å². The molecular formula is C36H42FN3O5. The van der Waals surface area contributed by atoms with Gasteiger partial charge in [-0.1, -0.05) is 19.9 Å². The summed E-state index contributed by atoms with van der Waals surface area (Å²) in [6.45, 7) is 7.58. The van der Waals surface area contributed by atoms with Crippen LogP contribution in [0.4, 0.5) is 4.39 Å². The summed E-state index contributed by atoms with van der Waals surface area (Å²) in [7, 11) is 3.05. The van der Waals surface area contributed by atoms with Crippen LogP contribution in [0.2, 0.25) is 0 Å². The molecule has 0 N–H and O–H groups in total. The molecule has 2 fully saturated rings. The molecule has 2 aliphatic rings. The van der Waals surface area contributed by atoms with Crippen LogP contribution in [0.25, 0.3) is 0 Å². The number of likely N-dealkylation sites (tertiary alicyclic amines) is 2. The number of pyridine rings is 1. The maximum absolute atomic E-state index is 14.2. The highest BCUT2D eigenvalue weighted by atomic mass is 19.1. The number of Topliss-reactive ketones (excluding diaryl/α,β-unsaturated/α-hetero) is 2. The van der Waals surface area contributed by atoms with Crippen LogP contribution >= 0.6 is 0 Å². The Labute approximate surface area is 264 Å². The van der Waals surface area contributed by atoms with Crippen molar-refractivity contribution in [2.75, 3.05) is 40.4 Å². The molecule has 1 aromatic heterocycles. The summed E-state index contributed by atoms with van der Waals surface area (Å²) < 4.78 is 24.4. The van der Waals surface area contributed by atoms with E-state index in [1.54, 1.807) is 54.5 Å². The van der Waals surface area contributed by atoms with E-state index in [2.05, 4.69) is 23.7 Å². The average molecular weight is 616 g/mol. The number of nitrogens with zero attached hydrogens (tertiary/aromatic N) is 3. The summed E-state index contributed by atoms with van der Waals surface area (Å²) in [6.07, 6.45) is 3.97. The molecule has 1 amide bonds. The second-order valence-electron chi connectivity index (χ2n) is 12.9.